The molecule has 0 aromatic heterocycles. The van der Waals surface area contributed by atoms with Crippen molar-refractivity contribution in [2.75, 3.05) is 20.8 Å². The van der Waals surface area contributed by atoms with Crippen molar-refractivity contribution in [2.45, 2.75) is 19.4 Å². The Morgan fingerprint density at radius 2 is 1.77 bits per heavy atom. The molecule has 2 aromatic carbocycles. The van der Waals surface area contributed by atoms with Crippen molar-refractivity contribution in [1.29, 1.82) is 0 Å². The van der Waals surface area contributed by atoms with E-state index in [2.05, 4.69) is 12.2 Å². The Morgan fingerprint density at radius 1 is 1.05 bits per heavy atom. The Morgan fingerprint density at radius 3 is 2.50 bits per heavy atom. The van der Waals surface area contributed by atoms with Crippen LogP contribution in [0.25, 0.3) is 0 Å². The lowest BCUT2D eigenvalue weighted by molar-refractivity contribution is 0.353. The molecule has 0 bridgehead atoms. The second kappa shape index (κ2) is 5.89. The Kier molecular flexibility index (Phi) is 3.94. The first-order chi connectivity index (χ1) is 10.6. The van der Waals surface area contributed by atoms with Gasteiger partial charge in [0.15, 0.2) is 11.5 Å². The number of aromatic hydroxyl groups is 1. The molecule has 0 aliphatic carbocycles. The molecule has 1 atom stereocenters. The minimum absolute atomic E-state index is 0.101. The van der Waals surface area contributed by atoms with Gasteiger partial charge in [-0.25, -0.2) is 0 Å². The van der Waals surface area contributed by atoms with Gasteiger partial charge in [-0.1, -0.05) is 6.07 Å². The lowest BCUT2D eigenvalue weighted by Crippen LogP contribution is -2.31. The van der Waals surface area contributed by atoms with Crippen molar-refractivity contribution in [1.82, 2.24) is 5.32 Å². The molecule has 1 unspecified atom stereocenters. The molecule has 1 aliphatic heterocycles. The molecule has 3 rings (SSSR count). The number of aryl methyl sites for hydroxylation is 1. The minimum atomic E-state index is 0.101. The maximum absolute atomic E-state index is 9.69. The van der Waals surface area contributed by atoms with E-state index in [0.717, 1.165) is 30.0 Å². The number of hydrogen-bond acceptors (Lipinski definition) is 4. The SMILES string of the molecule is COc1cc(C)c(C2NCCc3cc(O)ccc32)cc1OC. The van der Waals surface area contributed by atoms with E-state index in [4.69, 9.17) is 9.47 Å². The second-order valence-corrected chi connectivity index (χ2v) is 5.58. The van der Waals surface area contributed by atoms with Crippen LogP contribution in [0.3, 0.4) is 0 Å². The zero-order valence-corrected chi connectivity index (χ0v) is 13.1. The molecule has 4 heteroatoms. The minimum Gasteiger partial charge on any atom is -0.508 e. The number of fused-ring (bicyclic) bond motifs is 1. The van der Waals surface area contributed by atoms with Crippen molar-refractivity contribution < 1.29 is 14.6 Å². The Hall–Kier alpha value is -2.20. The topological polar surface area (TPSA) is 50.7 Å². The number of phenolic OH excluding ortho intramolecular Hbond substituents is 1. The van der Waals surface area contributed by atoms with Gasteiger partial charge in [-0.2, -0.15) is 0 Å². The van der Waals surface area contributed by atoms with Gasteiger partial charge in [0.1, 0.15) is 5.75 Å². The average molecular weight is 299 g/mol. The van der Waals surface area contributed by atoms with Crippen molar-refractivity contribution >= 4 is 0 Å². The zero-order chi connectivity index (χ0) is 15.7. The summed E-state index contributed by atoms with van der Waals surface area (Å²) < 4.78 is 10.8. The number of benzene rings is 2. The fourth-order valence-corrected chi connectivity index (χ4v) is 3.14. The molecule has 2 aromatic rings. The van der Waals surface area contributed by atoms with Crippen LogP contribution in [0.5, 0.6) is 17.2 Å². The molecule has 0 saturated heterocycles. The summed E-state index contributed by atoms with van der Waals surface area (Å²) in [6.45, 7) is 2.96. The average Bonchev–Trinajstić information content (AvgIpc) is 2.53. The number of phenols is 1. The number of hydrogen-bond donors (Lipinski definition) is 2. The van der Waals surface area contributed by atoms with Crippen molar-refractivity contribution in [3.63, 3.8) is 0 Å². The van der Waals surface area contributed by atoms with Gasteiger partial charge in [-0.3, -0.25) is 0 Å². The van der Waals surface area contributed by atoms with E-state index in [1.165, 1.54) is 16.7 Å². The van der Waals surface area contributed by atoms with Crippen LogP contribution in [-0.4, -0.2) is 25.9 Å². The predicted molar refractivity (Wildman–Crippen MR) is 85.9 cm³/mol. The first-order valence-corrected chi connectivity index (χ1v) is 7.41. The monoisotopic (exact) mass is 299 g/mol. The van der Waals surface area contributed by atoms with Crippen molar-refractivity contribution in [2.24, 2.45) is 0 Å². The van der Waals surface area contributed by atoms with Crippen LogP contribution < -0.4 is 14.8 Å². The highest BCUT2D eigenvalue weighted by Crippen LogP contribution is 2.37. The number of methoxy groups -OCH3 is 2. The Labute approximate surface area is 130 Å². The van der Waals surface area contributed by atoms with Crippen LogP contribution in [0.2, 0.25) is 0 Å². The van der Waals surface area contributed by atoms with E-state index in [0.29, 0.717) is 5.75 Å². The van der Waals surface area contributed by atoms with Crippen molar-refractivity contribution in [3.05, 3.63) is 52.6 Å². The number of rotatable bonds is 3. The highest BCUT2D eigenvalue weighted by Gasteiger charge is 2.24. The molecule has 1 heterocycles. The summed E-state index contributed by atoms with van der Waals surface area (Å²) >= 11 is 0. The summed E-state index contributed by atoms with van der Waals surface area (Å²) in [4.78, 5) is 0. The molecule has 116 valence electrons. The van der Waals surface area contributed by atoms with Crippen molar-refractivity contribution in [3.8, 4) is 17.2 Å². The summed E-state index contributed by atoms with van der Waals surface area (Å²) in [5.74, 6) is 1.80. The van der Waals surface area contributed by atoms with Crippen LogP contribution in [0.1, 0.15) is 28.3 Å². The fraction of sp³-hybridized carbons (Fsp3) is 0.333. The lowest BCUT2D eigenvalue weighted by Gasteiger charge is -2.29. The van der Waals surface area contributed by atoms with E-state index in [9.17, 15) is 5.11 Å². The molecule has 0 fully saturated rings. The third-order valence-corrected chi connectivity index (χ3v) is 4.26. The van der Waals surface area contributed by atoms with Gasteiger partial charge in [-0.05, 0) is 59.9 Å². The quantitative estimate of drug-likeness (QED) is 0.915. The maximum atomic E-state index is 9.69. The Bertz CT molecular complexity index is 697. The third-order valence-electron chi connectivity index (χ3n) is 4.26. The van der Waals surface area contributed by atoms with Gasteiger partial charge in [0, 0.05) is 6.54 Å². The van der Waals surface area contributed by atoms with Crippen LogP contribution in [-0.2, 0) is 6.42 Å². The summed E-state index contributed by atoms with van der Waals surface area (Å²) in [5, 5.41) is 13.3. The third kappa shape index (κ3) is 2.50. The van der Waals surface area contributed by atoms with Gasteiger partial charge >= 0.3 is 0 Å². The number of nitrogens with one attached hydrogen (secondary N) is 1. The summed E-state index contributed by atoms with van der Waals surface area (Å²) in [6, 6.07) is 9.74. The summed E-state index contributed by atoms with van der Waals surface area (Å²) in [6.07, 6.45) is 0.923. The van der Waals surface area contributed by atoms with Gasteiger partial charge in [-0.15, -0.1) is 0 Å². The van der Waals surface area contributed by atoms with Gasteiger partial charge in [0.25, 0.3) is 0 Å². The summed E-state index contributed by atoms with van der Waals surface area (Å²) in [7, 11) is 3.30. The first kappa shape index (κ1) is 14.7. The molecule has 4 nitrogen and oxygen atoms in total. The highest BCUT2D eigenvalue weighted by molar-refractivity contribution is 5.52. The normalized spacial score (nSPS) is 17.0. The van der Waals surface area contributed by atoms with Crippen LogP contribution in [0.4, 0.5) is 0 Å². The van der Waals surface area contributed by atoms with E-state index < -0.39 is 0 Å². The van der Waals surface area contributed by atoms with E-state index in [-0.39, 0.29) is 6.04 Å². The largest absolute Gasteiger partial charge is 0.508 e. The number of ether oxygens (including phenoxy) is 2. The van der Waals surface area contributed by atoms with Crippen LogP contribution in [0, 0.1) is 6.92 Å². The Balaban J connectivity index is 2.09. The molecule has 0 radical (unpaired) electrons. The molecule has 1 aliphatic rings. The molecule has 2 N–H and O–H groups in total. The van der Waals surface area contributed by atoms with Crippen LogP contribution in [0.15, 0.2) is 30.3 Å². The predicted octanol–water partition coefficient (Wildman–Crippen LogP) is 2.95. The van der Waals surface area contributed by atoms with Gasteiger partial charge < -0.3 is 19.9 Å². The second-order valence-electron chi connectivity index (χ2n) is 5.58. The van der Waals surface area contributed by atoms with Gasteiger partial charge in [0.2, 0.25) is 0 Å². The lowest BCUT2D eigenvalue weighted by atomic mass is 9.87. The van der Waals surface area contributed by atoms with Gasteiger partial charge in [0.05, 0.1) is 20.3 Å². The molecule has 0 saturated carbocycles. The molecular formula is C18H21NO3. The first-order valence-electron chi connectivity index (χ1n) is 7.41. The van der Waals surface area contributed by atoms with E-state index >= 15 is 0 Å². The highest BCUT2D eigenvalue weighted by atomic mass is 16.5. The summed E-state index contributed by atoms with van der Waals surface area (Å²) in [5.41, 5.74) is 4.72. The maximum Gasteiger partial charge on any atom is 0.161 e. The smallest absolute Gasteiger partial charge is 0.161 e. The molecular weight excluding hydrogens is 278 g/mol. The van der Waals surface area contributed by atoms with E-state index in [1.54, 1.807) is 20.3 Å². The van der Waals surface area contributed by atoms with E-state index in [1.807, 2.05) is 24.3 Å². The standard InChI is InChI=1S/C18H21NO3/c1-11-8-16(21-2)17(22-3)10-15(11)18-14-5-4-13(20)9-12(14)6-7-19-18/h4-5,8-10,18-20H,6-7H2,1-3H3. The molecule has 0 spiro atoms. The molecule has 0 amide bonds. The van der Waals surface area contributed by atoms with Crippen LogP contribution >= 0.6 is 0 Å². The molecule has 22 heavy (non-hydrogen) atoms. The zero-order valence-electron chi connectivity index (χ0n) is 13.1. The fourth-order valence-electron chi connectivity index (χ4n) is 3.14.